The summed E-state index contributed by atoms with van der Waals surface area (Å²) in [6.07, 6.45) is 0.638. The standard InChI is InChI=1S/C23H26N2O4/c1-23(2,3)29-22(28)24-15-17(14-13-16-9-5-4-6-10-16)25-20(26)18-11-7-8-12-19(18)21(25)27/h4-12,17H,13-15H2,1-3H3,(H,24,28). The molecule has 1 aliphatic heterocycles. The van der Waals surface area contributed by atoms with Gasteiger partial charge >= 0.3 is 6.09 Å². The Labute approximate surface area is 170 Å². The molecule has 3 amide bonds. The van der Waals surface area contributed by atoms with Gasteiger partial charge in [0.15, 0.2) is 0 Å². The highest BCUT2D eigenvalue weighted by molar-refractivity contribution is 6.21. The second-order valence-corrected chi connectivity index (χ2v) is 8.09. The van der Waals surface area contributed by atoms with Gasteiger partial charge in [-0.15, -0.1) is 0 Å². The highest BCUT2D eigenvalue weighted by Crippen LogP contribution is 2.26. The number of hydrogen-bond donors (Lipinski definition) is 1. The van der Waals surface area contributed by atoms with E-state index in [0.29, 0.717) is 24.0 Å². The number of nitrogens with zero attached hydrogens (tertiary/aromatic N) is 1. The van der Waals surface area contributed by atoms with E-state index in [9.17, 15) is 14.4 Å². The van der Waals surface area contributed by atoms with Crippen molar-refractivity contribution in [1.29, 1.82) is 0 Å². The van der Waals surface area contributed by atoms with Crippen LogP contribution in [0.2, 0.25) is 0 Å². The van der Waals surface area contributed by atoms with E-state index >= 15 is 0 Å². The fourth-order valence-corrected chi connectivity index (χ4v) is 3.36. The number of carbonyl (C=O) groups is 3. The molecule has 1 atom stereocenters. The van der Waals surface area contributed by atoms with E-state index in [-0.39, 0.29) is 18.4 Å². The predicted octanol–water partition coefficient (Wildman–Crippen LogP) is 3.81. The highest BCUT2D eigenvalue weighted by Gasteiger charge is 2.39. The molecule has 29 heavy (non-hydrogen) atoms. The van der Waals surface area contributed by atoms with Crippen molar-refractivity contribution < 1.29 is 19.1 Å². The van der Waals surface area contributed by atoms with Crippen LogP contribution in [0.1, 0.15) is 53.5 Å². The molecule has 6 nitrogen and oxygen atoms in total. The zero-order chi connectivity index (χ0) is 21.0. The van der Waals surface area contributed by atoms with Crippen molar-refractivity contribution in [2.45, 2.75) is 45.3 Å². The zero-order valence-corrected chi connectivity index (χ0v) is 17.0. The normalized spacial score (nSPS) is 14.5. The van der Waals surface area contributed by atoms with Crippen LogP contribution in [-0.4, -0.2) is 41.0 Å². The van der Waals surface area contributed by atoms with Gasteiger partial charge in [-0.1, -0.05) is 42.5 Å². The molecule has 2 aromatic carbocycles. The quantitative estimate of drug-likeness (QED) is 0.756. The topological polar surface area (TPSA) is 75.7 Å². The molecule has 0 aromatic heterocycles. The molecule has 0 radical (unpaired) electrons. The van der Waals surface area contributed by atoms with E-state index in [2.05, 4.69) is 5.32 Å². The third kappa shape index (κ3) is 5.02. The van der Waals surface area contributed by atoms with E-state index in [4.69, 9.17) is 4.74 Å². The summed E-state index contributed by atoms with van der Waals surface area (Å²) < 4.78 is 5.29. The Bertz CT molecular complexity index is 868. The van der Waals surface area contributed by atoms with Crippen molar-refractivity contribution in [2.24, 2.45) is 0 Å². The molecule has 0 bridgehead atoms. The SMILES string of the molecule is CC(C)(C)OC(=O)NCC(CCc1ccccc1)N1C(=O)c2ccccc2C1=O. The molecular formula is C23H26N2O4. The average Bonchev–Trinajstić information content (AvgIpc) is 2.93. The van der Waals surface area contributed by atoms with Crippen molar-refractivity contribution >= 4 is 17.9 Å². The number of carbonyl (C=O) groups excluding carboxylic acids is 3. The molecular weight excluding hydrogens is 368 g/mol. The van der Waals surface area contributed by atoms with Gasteiger partial charge in [0.1, 0.15) is 5.60 Å². The van der Waals surface area contributed by atoms with Gasteiger partial charge in [0, 0.05) is 6.54 Å². The van der Waals surface area contributed by atoms with Crippen LogP contribution in [0, 0.1) is 0 Å². The van der Waals surface area contributed by atoms with E-state index in [1.807, 2.05) is 30.3 Å². The molecule has 1 N–H and O–H groups in total. The second kappa shape index (κ2) is 8.47. The number of amides is 3. The van der Waals surface area contributed by atoms with Crippen LogP contribution < -0.4 is 5.32 Å². The lowest BCUT2D eigenvalue weighted by Gasteiger charge is -2.27. The summed E-state index contributed by atoms with van der Waals surface area (Å²) in [7, 11) is 0. The first kappa shape index (κ1) is 20.6. The van der Waals surface area contributed by atoms with Crippen LogP contribution >= 0.6 is 0 Å². The number of imide groups is 1. The van der Waals surface area contributed by atoms with Gasteiger partial charge in [0.2, 0.25) is 0 Å². The molecule has 152 valence electrons. The molecule has 1 heterocycles. The Morgan fingerprint density at radius 1 is 0.966 bits per heavy atom. The minimum absolute atomic E-state index is 0.132. The van der Waals surface area contributed by atoms with Crippen LogP contribution in [0.3, 0.4) is 0 Å². The summed E-state index contributed by atoms with van der Waals surface area (Å²) in [6, 6.07) is 16.2. The largest absolute Gasteiger partial charge is 0.444 e. The third-order valence-electron chi connectivity index (χ3n) is 4.68. The molecule has 3 rings (SSSR count). The smallest absolute Gasteiger partial charge is 0.407 e. The number of fused-ring (bicyclic) bond motifs is 1. The fourth-order valence-electron chi connectivity index (χ4n) is 3.36. The third-order valence-corrected chi connectivity index (χ3v) is 4.68. The molecule has 0 aliphatic carbocycles. The van der Waals surface area contributed by atoms with E-state index in [1.54, 1.807) is 45.0 Å². The summed E-state index contributed by atoms with van der Waals surface area (Å²) in [6.45, 7) is 5.48. The lowest BCUT2D eigenvalue weighted by atomic mass is 10.0. The maximum absolute atomic E-state index is 12.9. The summed E-state index contributed by atoms with van der Waals surface area (Å²) in [4.78, 5) is 39.2. The molecule has 2 aromatic rings. The number of rotatable bonds is 6. The van der Waals surface area contributed by atoms with E-state index in [0.717, 1.165) is 5.56 Å². The molecule has 1 aliphatic rings. The van der Waals surface area contributed by atoms with Crippen molar-refractivity contribution in [2.75, 3.05) is 6.54 Å². The first-order chi connectivity index (χ1) is 13.8. The number of alkyl carbamates (subject to hydrolysis) is 1. The van der Waals surface area contributed by atoms with Gasteiger partial charge in [-0.25, -0.2) is 4.79 Å². The number of nitrogens with one attached hydrogen (secondary N) is 1. The molecule has 0 saturated carbocycles. The summed E-state index contributed by atoms with van der Waals surface area (Å²) >= 11 is 0. The van der Waals surface area contributed by atoms with Crippen LogP contribution in [0.4, 0.5) is 4.79 Å². The van der Waals surface area contributed by atoms with Gasteiger partial charge in [-0.2, -0.15) is 0 Å². The molecule has 6 heteroatoms. The van der Waals surface area contributed by atoms with E-state index < -0.39 is 17.7 Å². The predicted molar refractivity (Wildman–Crippen MR) is 110 cm³/mol. The van der Waals surface area contributed by atoms with Gasteiger partial charge in [0.05, 0.1) is 17.2 Å². The van der Waals surface area contributed by atoms with Crippen LogP contribution in [0.25, 0.3) is 0 Å². The number of hydrogen-bond acceptors (Lipinski definition) is 4. The Hall–Kier alpha value is -3.15. The van der Waals surface area contributed by atoms with Crippen LogP contribution in [0.5, 0.6) is 0 Å². The molecule has 0 saturated heterocycles. The first-order valence-corrected chi connectivity index (χ1v) is 9.74. The Morgan fingerprint density at radius 2 is 1.52 bits per heavy atom. The Morgan fingerprint density at radius 3 is 2.07 bits per heavy atom. The highest BCUT2D eigenvalue weighted by atomic mass is 16.6. The molecule has 1 unspecified atom stereocenters. The zero-order valence-electron chi connectivity index (χ0n) is 17.0. The van der Waals surface area contributed by atoms with Crippen LogP contribution in [-0.2, 0) is 11.2 Å². The molecule has 0 fully saturated rings. The minimum atomic E-state index is -0.626. The summed E-state index contributed by atoms with van der Waals surface area (Å²) in [5.41, 5.74) is 1.28. The maximum Gasteiger partial charge on any atom is 0.407 e. The second-order valence-electron chi connectivity index (χ2n) is 8.09. The Kier molecular flexibility index (Phi) is 6.01. The summed E-state index contributed by atoms with van der Waals surface area (Å²) in [5.74, 6) is -0.649. The lowest BCUT2D eigenvalue weighted by Crippen LogP contribution is -2.47. The van der Waals surface area contributed by atoms with Crippen molar-refractivity contribution in [3.8, 4) is 0 Å². The van der Waals surface area contributed by atoms with Crippen molar-refractivity contribution in [3.63, 3.8) is 0 Å². The van der Waals surface area contributed by atoms with Crippen molar-refractivity contribution in [1.82, 2.24) is 10.2 Å². The first-order valence-electron chi connectivity index (χ1n) is 9.74. The number of benzene rings is 2. The maximum atomic E-state index is 12.9. The van der Waals surface area contributed by atoms with Gasteiger partial charge in [-0.3, -0.25) is 14.5 Å². The van der Waals surface area contributed by atoms with Gasteiger partial charge in [-0.05, 0) is 51.3 Å². The van der Waals surface area contributed by atoms with Crippen molar-refractivity contribution in [3.05, 3.63) is 71.3 Å². The van der Waals surface area contributed by atoms with Gasteiger partial charge in [0.25, 0.3) is 11.8 Å². The monoisotopic (exact) mass is 394 g/mol. The Balaban J connectivity index is 1.76. The summed E-state index contributed by atoms with van der Waals surface area (Å²) in [5, 5.41) is 2.71. The number of ether oxygens (including phenoxy) is 1. The van der Waals surface area contributed by atoms with E-state index in [1.165, 1.54) is 4.90 Å². The fraction of sp³-hybridized carbons (Fsp3) is 0.348. The number of aryl methyl sites for hydroxylation is 1. The lowest BCUT2D eigenvalue weighted by molar-refractivity contribution is 0.0463. The molecule has 0 spiro atoms. The van der Waals surface area contributed by atoms with Gasteiger partial charge < -0.3 is 10.1 Å². The average molecular weight is 394 g/mol. The van der Waals surface area contributed by atoms with Crippen LogP contribution in [0.15, 0.2) is 54.6 Å². The minimum Gasteiger partial charge on any atom is -0.444 e.